The van der Waals surface area contributed by atoms with Crippen LogP contribution in [0.5, 0.6) is 0 Å². The van der Waals surface area contributed by atoms with E-state index in [1.165, 1.54) is 32.9 Å². The third kappa shape index (κ3) is 1.80. The molecule has 0 atom stereocenters. The van der Waals surface area contributed by atoms with Gasteiger partial charge in [0.2, 0.25) is 0 Å². The molecule has 1 aromatic heterocycles. The Bertz CT molecular complexity index is 920. The number of nitrogens with zero attached hydrogens (tertiary/aromatic N) is 1. The molecule has 0 aliphatic heterocycles. The Kier molecular flexibility index (Phi) is 2.68. The van der Waals surface area contributed by atoms with Gasteiger partial charge in [0.1, 0.15) is 0 Å². The van der Waals surface area contributed by atoms with Crippen molar-refractivity contribution < 1.29 is 0 Å². The summed E-state index contributed by atoms with van der Waals surface area (Å²) < 4.78 is 2.14. The fourth-order valence-corrected chi connectivity index (χ4v) is 3.02. The Morgan fingerprint density at radius 1 is 0.667 bits per heavy atom. The topological polar surface area (TPSA) is 17.0 Å². The molecule has 2 heteroatoms. The molecule has 0 aliphatic rings. The quantitative estimate of drug-likeness (QED) is 0.562. The van der Waals surface area contributed by atoms with E-state index in [1.807, 2.05) is 7.05 Å². The second-order valence-corrected chi connectivity index (χ2v) is 5.17. The number of para-hydroxylation sites is 1. The number of hydrogen-bond acceptors (Lipinski definition) is 1. The standard InChI is InChI=1S/C19H16N2/c1-20-21-18-10-6-5-9-16(18)17-13-15(11-12-19(17)21)14-7-3-2-4-8-14/h2-13,20H,1H3. The second-order valence-electron chi connectivity index (χ2n) is 5.17. The van der Waals surface area contributed by atoms with E-state index in [9.17, 15) is 0 Å². The lowest BCUT2D eigenvalue weighted by Gasteiger charge is -2.06. The predicted molar refractivity (Wildman–Crippen MR) is 90.2 cm³/mol. The highest BCUT2D eigenvalue weighted by Gasteiger charge is 2.10. The van der Waals surface area contributed by atoms with Crippen molar-refractivity contribution in [3.63, 3.8) is 0 Å². The molecule has 4 rings (SSSR count). The summed E-state index contributed by atoms with van der Waals surface area (Å²) in [5.41, 5.74) is 8.19. The van der Waals surface area contributed by atoms with Crippen molar-refractivity contribution in [2.24, 2.45) is 0 Å². The number of benzene rings is 3. The number of hydrogen-bond donors (Lipinski definition) is 1. The van der Waals surface area contributed by atoms with Gasteiger partial charge in [0.15, 0.2) is 0 Å². The average Bonchev–Trinajstić information content (AvgIpc) is 2.88. The van der Waals surface area contributed by atoms with Crippen molar-refractivity contribution in [3.8, 4) is 11.1 Å². The average molecular weight is 272 g/mol. The summed E-state index contributed by atoms with van der Waals surface area (Å²) in [7, 11) is 1.96. The van der Waals surface area contributed by atoms with Crippen molar-refractivity contribution in [3.05, 3.63) is 72.8 Å². The molecule has 21 heavy (non-hydrogen) atoms. The van der Waals surface area contributed by atoms with Gasteiger partial charge in [-0.3, -0.25) is 4.68 Å². The van der Waals surface area contributed by atoms with Crippen LogP contribution in [0.4, 0.5) is 0 Å². The molecule has 0 saturated heterocycles. The first-order chi connectivity index (χ1) is 10.4. The van der Waals surface area contributed by atoms with Crippen LogP contribution in [0.3, 0.4) is 0 Å². The molecular formula is C19H16N2. The number of nitrogens with one attached hydrogen (secondary N) is 1. The minimum atomic E-state index is 1.21. The van der Waals surface area contributed by atoms with Crippen LogP contribution < -0.4 is 5.43 Å². The molecule has 3 aromatic carbocycles. The second kappa shape index (κ2) is 4.67. The van der Waals surface area contributed by atoms with E-state index >= 15 is 0 Å². The molecule has 0 fully saturated rings. The normalized spacial score (nSPS) is 11.1. The van der Waals surface area contributed by atoms with E-state index in [-0.39, 0.29) is 0 Å². The van der Waals surface area contributed by atoms with Crippen LogP contribution in [-0.4, -0.2) is 11.7 Å². The maximum Gasteiger partial charge on any atom is 0.0706 e. The molecule has 102 valence electrons. The minimum Gasteiger partial charge on any atom is -0.328 e. The van der Waals surface area contributed by atoms with Gasteiger partial charge in [-0.2, -0.15) is 0 Å². The Morgan fingerprint density at radius 2 is 1.38 bits per heavy atom. The van der Waals surface area contributed by atoms with Crippen molar-refractivity contribution in [2.45, 2.75) is 0 Å². The zero-order valence-electron chi connectivity index (χ0n) is 11.9. The molecule has 0 radical (unpaired) electrons. The van der Waals surface area contributed by atoms with Crippen LogP contribution in [0, 0.1) is 0 Å². The molecule has 0 unspecified atom stereocenters. The first-order valence-electron chi connectivity index (χ1n) is 7.15. The molecule has 0 spiro atoms. The molecule has 0 amide bonds. The summed E-state index contributed by atoms with van der Waals surface area (Å²) in [4.78, 5) is 0. The lowest BCUT2D eigenvalue weighted by atomic mass is 10.0. The van der Waals surface area contributed by atoms with Gasteiger partial charge in [-0.25, -0.2) is 0 Å². The van der Waals surface area contributed by atoms with Gasteiger partial charge in [0.25, 0.3) is 0 Å². The summed E-state index contributed by atoms with van der Waals surface area (Å²) in [6.07, 6.45) is 0. The molecule has 1 N–H and O–H groups in total. The van der Waals surface area contributed by atoms with E-state index < -0.39 is 0 Å². The Morgan fingerprint density at radius 3 is 2.19 bits per heavy atom. The Balaban J connectivity index is 2.06. The number of rotatable bonds is 2. The molecule has 0 bridgehead atoms. The first kappa shape index (κ1) is 12.0. The molecule has 4 aromatic rings. The van der Waals surface area contributed by atoms with E-state index in [0.717, 1.165) is 0 Å². The summed E-state index contributed by atoms with van der Waals surface area (Å²) in [6.45, 7) is 0. The largest absolute Gasteiger partial charge is 0.328 e. The van der Waals surface area contributed by atoms with Crippen molar-refractivity contribution in [1.29, 1.82) is 0 Å². The smallest absolute Gasteiger partial charge is 0.0706 e. The molecule has 0 aliphatic carbocycles. The zero-order chi connectivity index (χ0) is 14.2. The monoisotopic (exact) mass is 272 g/mol. The SMILES string of the molecule is CNn1c2ccccc2c2cc(-c3ccccc3)ccc21. The van der Waals surface area contributed by atoms with Crippen LogP contribution in [0.1, 0.15) is 0 Å². The highest BCUT2D eigenvalue weighted by atomic mass is 15.4. The van der Waals surface area contributed by atoms with Crippen LogP contribution >= 0.6 is 0 Å². The maximum absolute atomic E-state index is 3.27. The molecule has 0 saturated carbocycles. The molecular weight excluding hydrogens is 256 g/mol. The molecule has 2 nitrogen and oxygen atoms in total. The summed E-state index contributed by atoms with van der Waals surface area (Å²) >= 11 is 0. The summed E-state index contributed by atoms with van der Waals surface area (Å²) in [6, 6.07) is 25.7. The molecule has 1 heterocycles. The number of fused-ring (bicyclic) bond motifs is 3. The van der Waals surface area contributed by atoms with E-state index in [0.29, 0.717) is 0 Å². The fraction of sp³-hybridized carbons (Fsp3) is 0.0526. The van der Waals surface area contributed by atoms with Gasteiger partial charge in [0.05, 0.1) is 11.0 Å². The highest BCUT2D eigenvalue weighted by molar-refractivity contribution is 6.09. The van der Waals surface area contributed by atoms with Gasteiger partial charge in [-0.1, -0.05) is 54.6 Å². The third-order valence-electron chi connectivity index (χ3n) is 4.00. The zero-order valence-corrected chi connectivity index (χ0v) is 11.9. The van der Waals surface area contributed by atoms with Gasteiger partial charge < -0.3 is 5.43 Å². The van der Waals surface area contributed by atoms with Crippen molar-refractivity contribution >= 4 is 21.8 Å². The summed E-state index contributed by atoms with van der Waals surface area (Å²) in [5.74, 6) is 0. The first-order valence-corrected chi connectivity index (χ1v) is 7.15. The van der Waals surface area contributed by atoms with Crippen molar-refractivity contribution in [1.82, 2.24) is 4.68 Å². The van der Waals surface area contributed by atoms with E-state index in [2.05, 4.69) is 82.9 Å². The summed E-state index contributed by atoms with van der Waals surface area (Å²) in [5, 5.41) is 2.56. The maximum atomic E-state index is 3.27. The van der Waals surface area contributed by atoms with E-state index in [4.69, 9.17) is 0 Å². The Hall–Kier alpha value is -2.74. The van der Waals surface area contributed by atoms with E-state index in [1.54, 1.807) is 0 Å². The van der Waals surface area contributed by atoms with Crippen molar-refractivity contribution in [2.75, 3.05) is 12.5 Å². The highest BCUT2D eigenvalue weighted by Crippen LogP contribution is 2.31. The van der Waals surface area contributed by atoms with Gasteiger partial charge in [-0.15, -0.1) is 0 Å². The lowest BCUT2D eigenvalue weighted by molar-refractivity contribution is 1.02. The predicted octanol–water partition coefficient (Wildman–Crippen LogP) is 4.63. The van der Waals surface area contributed by atoms with Gasteiger partial charge >= 0.3 is 0 Å². The fourth-order valence-electron chi connectivity index (χ4n) is 3.02. The van der Waals surface area contributed by atoms with Crippen LogP contribution in [0.25, 0.3) is 32.9 Å². The number of aromatic nitrogens is 1. The van der Waals surface area contributed by atoms with Crippen LogP contribution in [0.15, 0.2) is 72.8 Å². The van der Waals surface area contributed by atoms with Crippen LogP contribution in [-0.2, 0) is 0 Å². The lowest BCUT2D eigenvalue weighted by Crippen LogP contribution is -2.07. The third-order valence-corrected chi connectivity index (χ3v) is 4.00. The van der Waals surface area contributed by atoms with Crippen LogP contribution in [0.2, 0.25) is 0 Å². The van der Waals surface area contributed by atoms with Gasteiger partial charge in [-0.05, 0) is 29.3 Å². The Labute approximate surface area is 123 Å². The minimum absolute atomic E-state index is 1.21. The van der Waals surface area contributed by atoms with Gasteiger partial charge in [0, 0.05) is 17.8 Å².